The van der Waals surface area contributed by atoms with Crippen molar-refractivity contribution in [2.75, 3.05) is 0 Å². The summed E-state index contributed by atoms with van der Waals surface area (Å²) in [6.45, 7) is 2.12. The normalized spacial score (nSPS) is 23.4. The zero-order chi connectivity index (χ0) is 20.8. The van der Waals surface area contributed by atoms with Crippen LogP contribution in [0.25, 0.3) is 0 Å². The van der Waals surface area contributed by atoms with Gasteiger partial charge in [-0.15, -0.1) is 22.9 Å². The molecule has 2 N–H and O–H groups in total. The molecule has 1 heterocycles. The maximum atomic E-state index is 10.6. The number of thiophene rings is 1. The van der Waals surface area contributed by atoms with Crippen molar-refractivity contribution >= 4 is 29.1 Å². The van der Waals surface area contributed by atoms with Crippen molar-refractivity contribution in [3.05, 3.63) is 52.4 Å². The van der Waals surface area contributed by atoms with Gasteiger partial charge in [0.25, 0.3) is 0 Å². The predicted octanol–water partition coefficient (Wildman–Crippen LogP) is 5.35. The van der Waals surface area contributed by atoms with Gasteiger partial charge in [-0.05, 0) is 67.9 Å². The van der Waals surface area contributed by atoms with E-state index in [0.717, 1.165) is 36.1 Å². The molecule has 1 aromatic carbocycles. The molecular formula is C23H25ClO4S. The molecule has 0 spiro atoms. The van der Waals surface area contributed by atoms with E-state index in [1.165, 1.54) is 16.9 Å². The van der Waals surface area contributed by atoms with Crippen molar-refractivity contribution < 1.29 is 19.7 Å². The first-order valence-corrected chi connectivity index (χ1v) is 11.1. The van der Waals surface area contributed by atoms with Crippen molar-refractivity contribution in [1.29, 1.82) is 0 Å². The minimum atomic E-state index is -1.30. The lowest BCUT2D eigenvalue weighted by Gasteiger charge is -2.18. The Labute approximate surface area is 180 Å². The summed E-state index contributed by atoms with van der Waals surface area (Å²) in [7, 11) is 0. The predicted molar refractivity (Wildman–Crippen MR) is 116 cm³/mol. The summed E-state index contributed by atoms with van der Waals surface area (Å²) >= 11 is 7.87. The molecule has 4 nitrogen and oxygen atoms in total. The van der Waals surface area contributed by atoms with Crippen molar-refractivity contribution in [2.24, 2.45) is 11.8 Å². The Kier molecular flexibility index (Phi) is 7.60. The molecule has 0 aliphatic heterocycles. The number of carboxylic acid groups (broad SMARTS) is 1. The minimum absolute atomic E-state index is 0.0829. The first-order valence-electron chi connectivity index (χ1n) is 9.88. The van der Waals surface area contributed by atoms with Crippen LogP contribution in [0.2, 0.25) is 0 Å². The van der Waals surface area contributed by atoms with Crippen molar-refractivity contribution in [3.8, 4) is 16.9 Å². The molecular weight excluding hydrogens is 408 g/mol. The average Bonchev–Trinajstić information content (AvgIpc) is 3.23. The van der Waals surface area contributed by atoms with E-state index in [1.54, 1.807) is 6.07 Å². The van der Waals surface area contributed by atoms with Gasteiger partial charge in [0, 0.05) is 15.8 Å². The Balaban J connectivity index is 1.60. The molecule has 1 aliphatic rings. The number of aliphatic hydroxyl groups excluding tert-OH is 1. The molecule has 0 bridgehead atoms. The maximum Gasteiger partial charge on any atom is 0.512 e. The first-order chi connectivity index (χ1) is 14.0. The number of rotatable bonds is 6. The number of benzene rings is 1. The van der Waals surface area contributed by atoms with Gasteiger partial charge < -0.3 is 14.9 Å². The highest BCUT2D eigenvalue weighted by Gasteiger charge is 2.40. The van der Waals surface area contributed by atoms with Gasteiger partial charge in [-0.2, -0.15) is 0 Å². The first kappa shape index (κ1) is 21.7. The van der Waals surface area contributed by atoms with Crippen molar-refractivity contribution in [1.82, 2.24) is 0 Å². The van der Waals surface area contributed by atoms with Crippen LogP contribution in [0.4, 0.5) is 4.79 Å². The van der Waals surface area contributed by atoms with E-state index in [0.29, 0.717) is 11.5 Å². The molecule has 29 heavy (non-hydrogen) atoms. The molecule has 154 valence electrons. The molecule has 3 rings (SSSR count). The third-order valence-electron chi connectivity index (χ3n) is 5.31. The highest BCUT2D eigenvalue weighted by Crippen LogP contribution is 2.39. The van der Waals surface area contributed by atoms with E-state index in [1.807, 2.05) is 18.2 Å². The Morgan fingerprint density at radius 1 is 1.34 bits per heavy atom. The van der Waals surface area contributed by atoms with E-state index < -0.39 is 12.3 Å². The number of alkyl halides is 1. The summed E-state index contributed by atoms with van der Waals surface area (Å²) in [5, 5.41) is 19.4. The molecule has 4 atom stereocenters. The molecule has 6 heteroatoms. The molecule has 1 fully saturated rings. The number of carbonyl (C=O) groups is 1. The molecule has 0 unspecified atom stereocenters. The van der Waals surface area contributed by atoms with Gasteiger partial charge in [0.1, 0.15) is 0 Å². The van der Waals surface area contributed by atoms with Crippen LogP contribution in [-0.4, -0.2) is 27.8 Å². The average molecular weight is 433 g/mol. The Morgan fingerprint density at radius 2 is 2.17 bits per heavy atom. The van der Waals surface area contributed by atoms with Crippen molar-refractivity contribution in [2.45, 2.75) is 50.5 Å². The maximum absolute atomic E-state index is 10.6. The summed E-state index contributed by atoms with van der Waals surface area (Å²) in [4.78, 5) is 11.7. The second kappa shape index (κ2) is 10.2. The Bertz CT molecular complexity index is 898. The van der Waals surface area contributed by atoms with Crippen LogP contribution < -0.4 is 4.74 Å². The molecule has 1 aliphatic carbocycles. The fraction of sp³-hybridized carbons (Fsp3) is 0.435. The van der Waals surface area contributed by atoms with E-state index >= 15 is 0 Å². The second-order valence-corrected chi connectivity index (χ2v) is 9.00. The number of hydrogen-bond acceptors (Lipinski definition) is 4. The van der Waals surface area contributed by atoms with Crippen LogP contribution in [0.1, 0.15) is 42.2 Å². The van der Waals surface area contributed by atoms with Crippen LogP contribution in [0.15, 0.2) is 36.4 Å². The lowest BCUT2D eigenvalue weighted by Crippen LogP contribution is -2.19. The van der Waals surface area contributed by atoms with Crippen molar-refractivity contribution in [3.63, 3.8) is 0 Å². The van der Waals surface area contributed by atoms with Gasteiger partial charge in [0.15, 0.2) is 5.06 Å². The van der Waals surface area contributed by atoms with Gasteiger partial charge >= 0.3 is 6.16 Å². The Hall–Kier alpha value is -2.00. The highest BCUT2D eigenvalue weighted by atomic mass is 35.5. The van der Waals surface area contributed by atoms with Gasteiger partial charge in [0.05, 0.1) is 12.0 Å². The molecule has 1 aromatic heterocycles. The molecule has 0 radical (unpaired) electrons. The summed E-state index contributed by atoms with van der Waals surface area (Å²) < 4.78 is 4.68. The van der Waals surface area contributed by atoms with E-state index in [9.17, 15) is 9.90 Å². The zero-order valence-corrected chi connectivity index (χ0v) is 17.9. The summed E-state index contributed by atoms with van der Waals surface area (Å²) in [6, 6.07) is 11.8. The summed E-state index contributed by atoms with van der Waals surface area (Å²) in [5.41, 5.74) is 2.22. The quantitative estimate of drug-likeness (QED) is 0.367. The SMILES string of the molecule is CCc1cccc(C#C[C@@H]2[C@@H](CCCc3ccc(OC(=O)O)s3)[C@H](Cl)C[C@H]2O)c1. The van der Waals surface area contributed by atoms with E-state index in [4.69, 9.17) is 16.7 Å². The summed E-state index contributed by atoms with van der Waals surface area (Å²) in [5.74, 6) is 6.53. The lowest BCUT2D eigenvalue weighted by molar-refractivity contribution is 0.144. The highest BCUT2D eigenvalue weighted by molar-refractivity contribution is 7.13. The summed E-state index contributed by atoms with van der Waals surface area (Å²) in [6.07, 6.45) is 2.33. The fourth-order valence-electron chi connectivity index (χ4n) is 3.81. The number of ether oxygens (including phenoxy) is 1. The van der Waals surface area contributed by atoms with Crippen LogP contribution in [0, 0.1) is 23.7 Å². The smallest absolute Gasteiger partial charge is 0.449 e. The molecule has 0 amide bonds. The van der Waals surface area contributed by atoms with Crippen LogP contribution >= 0.6 is 22.9 Å². The topological polar surface area (TPSA) is 66.8 Å². The largest absolute Gasteiger partial charge is 0.512 e. The minimum Gasteiger partial charge on any atom is -0.449 e. The second-order valence-electron chi connectivity index (χ2n) is 7.31. The van der Waals surface area contributed by atoms with Crippen LogP contribution in [-0.2, 0) is 12.8 Å². The molecule has 1 saturated carbocycles. The monoisotopic (exact) mass is 432 g/mol. The molecule has 0 saturated heterocycles. The van der Waals surface area contributed by atoms with E-state index in [-0.39, 0.29) is 17.2 Å². The fourth-order valence-corrected chi connectivity index (χ4v) is 5.16. The Morgan fingerprint density at radius 3 is 2.93 bits per heavy atom. The van der Waals surface area contributed by atoms with E-state index in [2.05, 4.69) is 35.6 Å². The number of halogens is 1. The van der Waals surface area contributed by atoms with Gasteiger partial charge in [-0.25, -0.2) is 4.79 Å². The van der Waals surface area contributed by atoms with Gasteiger partial charge in [0.2, 0.25) is 0 Å². The number of aryl methyl sites for hydroxylation is 2. The van der Waals surface area contributed by atoms with Gasteiger partial charge in [-0.1, -0.05) is 30.9 Å². The number of aliphatic hydroxyl groups is 1. The van der Waals surface area contributed by atoms with Gasteiger partial charge in [-0.3, -0.25) is 0 Å². The van der Waals surface area contributed by atoms with Crippen LogP contribution in [0.5, 0.6) is 5.06 Å². The third kappa shape index (κ3) is 5.99. The number of hydrogen-bond donors (Lipinski definition) is 2. The lowest BCUT2D eigenvalue weighted by atomic mass is 9.90. The third-order valence-corrected chi connectivity index (χ3v) is 6.84. The zero-order valence-electron chi connectivity index (χ0n) is 16.3. The van der Waals surface area contributed by atoms with Crippen LogP contribution in [0.3, 0.4) is 0 Å². The molecule has 2 aromatic rings. The standard InChI is InChI=1S/C23H25ClO4S/c1-2-15-5-3-6-16(13-15)9-11-19-18(20(24)14-21(19)25)8-4-7-17-10-12-22(29-17)28-23(26)27/h3,5-6,10,12-13,18-21,25H,2,4,7-8,14H2,1H3,(H,26,27)/t18-,19-,20-,21-/m1/s1.